The topological polar surface area (TPSA) is 21.3 Å². The molecule has 1 unspecified atom stereocenters. The van der Waals surface area contributed by atoms with E-state index >= 15 is 0 Å². The van der Waals surface area contributed by atoms with Crippen LogP contribution in [0.2, 0.25) is 0 Å². The van der Waals surface area contributed by atoms with Crippen LogP contribution in [0.5, 0.6) is 5.75 Å². The molecule has 0 saturated carbocycles. The van der Waals surface area contributed by atoms with Crippen molar-refractivity contribution in [2.75, 3.05) is 13.7 Å². The van der Waals surface area contributed by atoms with Crippen molar-refractivity contribution in [2.45, 2.75) is 12.5 Å². The Hall–Kier alpha value is -1.80. The van der Waals surface area contributed by atoms with Crippen LogP contribution in [0.3, 0.4) is 0 Å². The standard InChI is InChI=1S/C16H17NO/c1-18-14-7-8-15-13(9-14)10-17-11-16(15)12-5-3-2-4-6-12/h2-9,16-17H,10-11H2,1H3. The summed E-state index contributed by atoms with van der Waals surface area (Å²) in [5, 5.41) is 3.49. The molecule has 92 valence electrons. The predicted octanol–water partition coefficient (Wildman–Crippen LogP) is 2.93. The van der Waals surface area contributed by atoms with Crippen molar-refractivity contribution in [3.05, 3.63) is 65.2 Å². The van der Waals surface area contributed by atoms with Gasteiger partial charge in [-0.1, -0.05) is 36.4 Å². The fourth-order valence-electron chi connectivity index (χ4n) is 2.65. The van der Waals surface area contributed by atoms with E-state index in [2.05, 4.69) is 53.8 Å². The van der Waals surface area contributed by atoms with Crippen molar-refractivity contribution >= 4 is 0 Å². The predicted molar refractivity (Wildman–Crippen MR) is 73.0 cm³/mol. The van der Waals surface area contributed by atoms with Crippen molar-refractivity contribution < 1.29 is 4.74 Å². The molecule has 0 aliphatic carbocycles. The Morgan fingerprint density at radius 3 is 2.72 bits per heavy atom. The van der Waals surface area contributed by atoms with Crippen LogP contribution >= 0.6 is 0 Å². The van der Waals surface area contributed by atoms with Gasteiger partial charge in [-0.25, -0.2) is 0 Å². The van der Waals surface area contributed by atoms with Gasteiger partial charge in [0, 0.05) is 19.0 Å². The maximum Gasteiger partial charge on any atom is 0.119 e. The Bertz CT molecular complexity index is 536. The van der Waals surface area contributed by atoms with Gasteiger partial charge in [-0.2, -0.15) is 0 Å². The van der Waals surface area contributed by atoms with Gasteiger partial charge in [0.1, 0.15) is 5.75 Å². The average molecular weight is 239 g/mol. The lowest BCUT2D eigenvalue weighted by Gasteiger charge is -2.27. The summed E-state index contributed by atoms with van der Waals surface area (Å²) in [7, 11) is 1.71. The van der Waals surface area contributed by atoms with E-state index in [1.165, 1.54) is 16.7 Å². The van der Waals surface area contributed by atoms with E-state index in [0.29, 0.717) is 5.92 Å². The van der Waals surface area contributed by atoms with Crippen molar-refractivity contribution in [3.8, 4) is 5.75 Å². The van der Waals surface area contributed by atoms with Gasteiger partial charge in [-0.05, 0) is 28.8 Å². The van der Waals surface area contributed by atoms with Crippen molar-refractivity contribution in [1.82, 2.24) is 5.32 Å². The number of rotatable bonds is 2. The summed E-state index contributed by atoms with van der Waals surface area (Å²) in [6.07, 6.45) is 0. The summed E-state index contributed by atoms with van der Waals surface area (Å²) in [5.74, 6) is 1.38. The summed E-state index contributed by atoms with van der Waals surface area (Å²) in [6.45, 7) is 1.93. The third kappa shape index (κ3) is 2.00. The molecule has 0 bridgehead atoms. The summed E-state index contributed by atoms with van der Waals surface area (Å²) in [5.41, 5.74) is 4.13. The first kappa shape index (κ1) is 11.3. The van der Waals surface area contributed by atoms with E-state index < -0.39 is 0 Å². The maximum atomic E-state index is 5.29. The molecule has 2 aromatic rings. The highest BCUT2D eigenvalue weighted by Crippen LogP contribution is 2.31. The first-order valence-corrected chi connectivity index (χ1v) is 6.31. The van der Waals surface area contributed by atoms with Gasteiger partial charge in [0.25, 0.3) is 0 Å². The van der Waals surface area contributed by atoms with E-state index in [1.807, 2.05) is 0 Å². The molecule has 2 heteroatoms. The average Bonchev–Trinajstić information content (AvgIpc) is 2.47. The SMILES string of the molecule is COc1ccc2c(c1)CNCC2c1ccccc1. The Labute approximate surface area is 108 Å². The third-order valence-electron chi connectivity index (χ3n) is 3.59. The molecular weight excluding hydrogens is 222 g/mol. The van der Waals surface area contributed by atoms with Crippen LogP contribution in [0.25, 0.3) is 0 Å². The second kappa shape index (κ2) is 4.83. The lowest BCUT2D eigenvalue weighted by atomic mass is 9.85. The number of nitrogens with one attached hydrogen (secondary N) is 1. The Kier molecular flexibility index (Phi) is 3.03. The fourth-order valence-corrected chi connectivity index (χ4v) is 2.65. The summed E-state index contributed by atoms with van der Waals surface area (Å²) in [6, 6.07) is 17.1. The third-order valence-corrected chi connectivity index (χ3v) is 3.59. The van der Waals surface area contributed by atoms with Gasteiger partial charge in [0.2, 0.25) is 0 Å². The highest BCUT2D eigenvalue weighted by Gasteiger charge is 2.21. The molecule has 0 amide bonds. The number of methoxy groups -OCH3 is 1. The van der Waals surface area contributed by atoms with E-state index in [1.54, 1.807) is 7.11 Å². The number of benzene rings is 2. The van der Waals surface area contributed by atoms with Gasteiger partial charge >= 0.3 is 0 Å². The van der Waals surface area contributed by atoms with Crippen LogP contribution in [0.4, 0.5) is 0 Å². The summed E-state index contributed by atoms with van der Waals surface area (Å²) >= 11 is 0. The molecular formula is C16H17NO. The lowest BCUT2D eigenvalue weighted by Crippen LogP contribution is -2.28. The Balaban J connectivity index is 2.02. The van der Waals surface area contributed by atoms with Crippen LogP contribution in [0.15, 0.2) is 48.5 Å². The largest absolute Gasteiger partial charge is 0.497 e. The van der Waals surface area contributed by atoms with Gasteiger partial charge in [0.05, 0.1) is 7.11 Å². The zero-order valence-corrected chi connectivity index (χ0v) is 10.5. The molecule has 0 spiro atoms. The normalized spacial score (nSPS) is 18.2. The smallest absolute Gasteiger partial charge is 0.119 e. The minimum Gasteiger partial charge on any atom is -0.497 e. The first-order valence-electron chi connectivity index (χ1n) is 6.31. The quantitative estimate of drug-likeness (QED) is 0.870. The molecule has 1 heterocycles. The molecule has 0 aromatic heterocycles. The zero-order chi connectivity index (χ0) is 12.4. The van der Waals surface area contributed by atoms with Crippen LogP contribution in [0.1, 0.15) is 22.6 Å². The van der Waals surface area contributed by atoms with Gasteiger partial charge in [-0.3, -0.25) is 0 Å². The molecule has 3 rings (SSSR count). The second-order valence-electron chi connectivity index (χ2n) is 4.66. The molecule has 0 saturated heterocycles. The van der Waals surface area contributed by atoms with E-state index in [-0.39, 0.29) is 0 Å². The summed E-state index contributed by atoms with van der Waals surface area (Å²) < 4.78 is 5.29. The molecule has 2 nitrogen and oxygen atoms in total. The summed E-state index contributed by atoms with van der Waals surface area (Å²) in [4.78, 5) is 0. The second-order valence-corrected chi connectivity index (χ2v) is 4.66. The van der Waals surface area contributed by atoms with Crippen LogP contribution in [-0.2, 0) is 6.54 Å². The highest BCUT2D eigenvalue weighted by atomic mass is 16.5. The monoisotopic (exact) mass is 239 g/mol. The fraction of sp³-hybridized carbons (Fsp3) is 0.250. The first-order chi connectivity index (χ1) is 8.88. The Morgan fingerprint density at radius 1 is 1.11 bits per heavy atom. The van der Waals surface area contributed by atoms with Crippen molar-refractivity contribution in [2.24, 2.45) is 0 Å². The number of hydrogen-bond acceptors (Lipinski definition) is 2. The molecule has 0 radical (unpaired) electrons. The van der Waals surface area contributed by atoms with E-state index in [9.17, 15) is 0 Å². The number of fused-ring (bicyclic) bond motifs is 1. The van der Waals surface area contributed by atoms with Crippen LogP contribution in [-0.4, -0.2) is 13.7 Å². The molecule has 18 heavy (non-hydrogen) atoms. The van der Waals surface area contributed by atoms with Crippen LogP contribution < -0.4 is 10.1 Å². The molecule has 0 fully saturated rings. The number of ether oxygens (including phenoxy) is 1. The van der Waals surface area contributed by atoms with Gasteiger partial charge in [-0.15, -0.1) is 0 Å². The van der Waals surface area contributed by atoms with Gasteiger partial charge < -0.3 is 10.1 Å². The minimum absolute atomic E-state index is 0.445. The lowest BCUT2D eigenvalue weighted by molar-refractivity contribution is 0.413. The molecule has 2 aromatic carbocycles. The maximum absolute atomic E-state index is 5.29. The Morgan fingerprint density at radius 2 is 1.94 bits per heavy atom. The highest BCUT2D eigenvalue weighted by molar-refractivity contribution is 5.44. The van der Waals surface area contributed by atoms with Crippen LogP contribution in [0, 0.1) is 0 Å². The number of hydrogen-bond donors (Lipinski definition) is 1. The van der Waals surface area contributed by atoms with Gasteiger partial charge in [0.15, 0.2) is 0 Å². The molecule has 1 N–H and O–H groups in total. The van der Waals surface area contributed by atoms with E-state index in [0.717, 1.165) is 18.8 Å². The minimum atomic E-state index is 0.445. The molecule has 1 atom stereocenters. The van der Waals surface area contributed by atoms with Crippen molar-refractivity contribution in [3.63, 3.8) is 0 Å². The van der Waals surface area contributed by atoms with Crippen molar-refractivity contribution in [1.29, 1.82) is 0 Å². The van der Waals surface area contributed by atoms with E-state index in [4.69, 9.17) is 4.74 Å². The zero-order valence-electron chi connectivity index (χ0n) is 10.5. The molecule has 1 aliphatic heterocycles. The molecule has 1 aliphatic rings.